The van der Waals surface area contributed by atoms with Crippen molar-refractivity contribution in [3.63, 3.8) is 0 Å². The van der Waals surface area contributed by atoms with Crippen LogP contribution in [0, 0.1) is 5.92 Å². The maximum atomic E-state index is 12.6. The van der Waals surface area contributed by atoms with Crippen LogP contribution in [0.1, 0.15) is 37.0 Å². The maximum absolute atomic E-state index is 12.6. The number of carbonyl (C=O) groups excluding carboxylic acids is 1. The topological polar surface area (TPSA) is 36.0 Å². The number of nitrogens with zero attached hydrogens (tertiary/aromatic N) is 3. The SMILES string of the molecule is CC(C)N1CCC[C@@H](COc2ccc(N3CCN(C(=O)c4ccccc4)CC3)cc2)C1. The fraction of sp³-hybridized carbons (Fsp3) is 0.500. The molecule has 5 nitrogen and oxygen atoms in total. The Balaban J connectivity index is 1.25. The molecule has 1 amide bonds. The Hall–Kier alpha value is -2.53. The van der Waals surface area contributed by atoms with Crippen molar-refractivity contribution < 1.29 is 9.53 Å². The lowest BCUT2D eigenvalue weighted by molar-refractivity contribution is 0.0747. The van der Waals surface area contributed by atoms with Crippen molar-refractivity contribution in [3.05, 3.63) is 60.2 Å². The molecule has 0 bridgehead atoms. The smallest absolute Gasteiger partial charge is 0.253 e. The van der Waals surface area contributed by atoms with Crippen LogP contribution in [0.25, 0.3) is 0 Å². The fourth-order valence-electron chi connectivity index (χ4n) is 4.60. The molecule has 31 heavy (non-hydrogen) atoms. The van der Waals surface area contributed by atoms with Crippen LogP contribution in [0.2, 0.25) is 0 Å². The van der Waals surface area contributed by atoms with Crippen LogP contribution in [0.5, 0.6) is 5.75 Å². The second kappa shape index (κ2) is 10.2. The van der Waals surface area contributed by atoms with E-state index in [1.165, 1.54) is 25.1 Å². The third-order valence-corrected chi connectivity index (χ3v) is 6.56. The molecule has 0 aromatic heterocycles. The van der Waals surface area contributed by atoms with Crippen LogP contribution in [0.4, 0.5) is 5.69 Å². The van der Waals surface area contributed by atoms with Gasteiger partial charge >= 0.3 is 0 Å². The van der Waals surface area contributed by atoms with E-state index in [1.807, 2.05) is 35.2 Å². The number of rotatable bonds is 6. The molecule has 1 atom stereocenters. The summed E-state index contributed by atoms with van der Waals surface area (Å²) >= 11 is 0. The van der Waals surface area contributed by atoms with E-state index < -0.39 is 0 Å². The van der Waals surface area contributed by atoms with Gasteiger partial charge in [0.25, 0.3) is 5.91 Å². The Morgan fingerprint density at radius 3 is 2.35 bits per heavy atom. The predicted molar refractivity (Wildman–Crippen MR) is 126 cm³/mol. The lowest BCUT2D eigenvalue weighted by Crippen LogP contribution is -2.48. The third-order valence-electron chi connectivity index (χ3n) is 6.56. The van der Waals surface area contributed by atoms with Crippen molar-refractivity contribution in [2.75, 3.05) is 50.8 Å². The van der Waals surface area contributed by atoms with E-state index in [9.17, 15) is 4.79 Å². The van der Waals surface area contributed by atoms with Gasteiger partial charge in [-0.2, -0.15) is 0 Å². The highest BCUT2D eigenvalue weighted by Crippen LogP contribution is 2.24. The average Bonchev–Trinajstić information content (AvgIpc) is 2.83. The number of carbonyl (C=O) groups is 1. The Morgan fingerprint density at radius 1 is 0.968 bits per heavy atom. The van der Waals surface area contributed by atoms with Gasteiger partial charge in [-0.1, -0.05) is 18.2 Å². The molecule has 2 aromatic carbocycles. The summed E-state index contributed by atoms with van der Waals surface area (Å²) in [4.78, 5) is 19.5. The van der Waals surface area contributed by atoms with Gasteiger partial charge in [0.2, 0.25) is 0 Å². The molecule has 2 fully saturated rings. The van der Waals surface area contributed by atoms with Crippen LogP contribution in [-0.2, 0) is 0 Å². The quantitative estimate of drug-likeness (QED) is 0.702. The molecule has 2 aliphatic heterocycles. The molecule has 2 saturated heterocycles. The zero-order valence-corrected chi connectivity index (χ0v) is 18.9. The Kier molecular flexibility index (Phi) is 7.13. The van der Waals surface area contributed by atoms with Gasteiger partial charge in [0.05, 0.1) is 6.61 Å². The van der Waals surface area contributed by atoms with E-state index in [0.29, 0.717) is 12.0 Å². The number of ether oxygens (including phenoxy) is 1. The van der Waals surface area contributed by atoms with Gasteiger partial charge < -0.3 is 19.4 Å². The first-order valence-electron chi connectivity index (χ1n) is 11.7. The van der Waals surface area contributed by atoms with Gasteiger partial charge in [-0.05, 0) is 69.6 Å². The highest BCUT2D eigenvalue weighted by molar-refractivity contribution is 5.94. The summed E-state index contributed by atoms with van der Waals surface area (Å²) in [6, 6.07) is 18.6. The Morgan fingerprint density at radius 2 is 1.68 bits per heavy atom. The molecule has 2 heterocycles. The summed E-state index contributed by atoms with van der Waals surface area (Å²) < 4.78 is 6.12. The van der Waals surface area contributed by atoms with Gasteiger partial charge in [0.15, 0.2) is 0 Å². The first kappa shape index (κ1) is 21.7. The fourth-order valence-corrected chi connectivity index (χ4v) is 4.60. The lowest BCUT2D eigenvalue weighted by Gasteiger charge is -2.36. The van der Waals surface area contributed by atoms with Crippen LogP contribution >= 0.6 is 0 Å². The molecule has 5 heteroatoms. The van der Waals surface area contributed by atoms with Gasteiger partial charge in [-0.3, -0.25) is 4.79 Å². The molecule has 0 aliphatic carbocycles. The number of piperazine rings is 1. The van der Waals surface area contributed by atoms with E-state index in [4.69, 9.17) is 4.74 Å². The van der Waals surface area contributed by atoms with E-state index in [-0.39, 0.29) is 5.91 Å². The van der Waals surface area contributed by atoms with Crippen LogP contribution in [0.15, 0.2) is 54.6 Å². The summed E-state index contributed by atoms with van der Waals surface area (Å²) in [6.07, 6.45) is 2.52. The predicted octanol–water partition coefficient (Wildman–Crippen LogP) is 4.15. The van der Waals surface area contributed by atoms with Crippen LogP contribution in [0.3, 0.4) is 0 Å². The minimum atomic E-state index is 0.128. The van der Waals surface area contributed by atoms with Crippen LogP contribution < -0.4 is 9.64 Å². The normalized spacial score (nSPS) is 20.2. The summed E-state index contributed by atoms with van der Waals surface area (Å²) in [5.41, 5.74) is 1.97. The number of likely N-dealkylation sites (tertiary alicyclic amines) is 1. The Bertz CT molecular complexity index is 829. The lowest BCUT2D eigenvalue weighted by atomic mass is 9.98. The first-order chi connectivity index (χ1) is 15.1. The van der Waals surface area contributed by atoms with Gasteiger partial charge in [0.1, 0.15) is 5.75 Å². The summed E-state index contributed by atoms with van der Waals surface area (Å²) in [7, 11) is 0. The van der Waals surface area contributed by atoms with Gasteiger partial charge in [-0.25, -0.2) is 0 Å². The van der Waals surface area contributed by atoms with Crippen molar-refractivity contribution in [1.29, 1.82) is 0 Å². The Labute approximate surface area is 186 Å². The molecule has 0 saturated carbocycles. The highest BCUT2D eigenvalue weighted by Gasteiger charge is 2.23. The van der Waals surface area contributed by atoms with Crippen molar-refractivity contribution in [2.45, 2.75) is 32.7 Å². The summed E-state index contributed by atoms with van der Waals surface area (Å²) in [5, 5.41) is 0. The number of benzene rings is 2. The van der Waals surface area contributed by atoms with E-state index in [0.717, 1.165) is 50.6 Å². The monoisotopic (exact) mass is 421 g/mol. The molecule has 0 spiro atoms. The van der Waals surface area contributed by atoms with Crippen molar-refractivity contribution >= 4 is 11.6 Å². The molecular formula is C26H35N3O2. The second-order valence-electron chi connectivity index (χ2n) is 9.05. The minimum Gasteiger partial charge on any atom is -0.493 e. The van der Waals surface area contributed by atoms with Crippen molar-refractivity contribution in [3.8, 4) is 5.75 Å². The largest absolute Gasteiger partial charge is 0.493 e. The van der Waals surface area contributed by atoms with Crippen LogP contribution in [-0.4, -0.2) is 67.6 Å². The van der Waals surface area contributed by atoms with E-state index in [1.54, 1.807) is 0 Å². The highest BCUT2D eigenvalue weighted by atomic mass is 16.5. The molecular weight excluding hydrogens is 386 g/mol. The average molecular weight is 422 g/mol. The number of hydrogen-bond acceptors (Lipinski definition) is 4. The standard InChI is InChI=1S/C26H35N3O2/c1-21(2)29-14-6-7-22(19-29)20-31-25-12-10-24(11-13-25)27-15-17-28(18-16-27)26(30)23-8-4-3-5-9-23/h3-5,8-13,21-22H,6-7,14-20H2,1-2H3/t22-/m1/s1. The van der Waals surface area contributed by atoms with Gasteiger partial charge in [0, 0.05) is 55.9 Å². The van der Waals surface area contributed by atoms with E-state index in [2.05, 4.69) is 47.9 Å². The molecule has 0 N–H and O–H groups in total. The molecule has 0 unspecified atom stereocenters. The summed E-state index contributed by atoms with van der Waals surface area (Å²) in [6.45, 7) is 10.9. The van der Waals surface area contributed by atoms with Crippen molar-refractivity contribution in [2.24, 2.45) is 5.92 Å². The molecule has 2 aromatic rings. The number of anilines is 1. The third kappa shape index (κ3) is 5.59. The number of hydrogen-bond donors (Lipinski definition) is 0. The molecule has 2 aliphatic rings. The van der Waals surface area contributed by atoms with Gasteiger partial charge in [-0.15, -0.1) is 0 Å². The number of amides is 1. The summed E-state index contributed by atoms with van der Waals surface area (Å²) in [5.74, 6) is 1.69. The number of piperidine rings is 1. The molecule has 0 radical (unpaired) electrons. The minimum absolute atomic E-state index is 0.128. The zero-order valence-electron chi connectivity index (χ0n) is 18.9. The maximum Gasteiger partial charge on any atom is 0.253 e. The zero-order chi connectivity index (χ0) is 21.6. The first-order valence-corrected chi connectivity index (χ1v) is 11.7. The van der Waals surface area contributed by atoms with Crippen molar-refractivity contribution in [1.82, 2.24) is 9.80 Å². The van der Waals surface area contributed by atoms with E-state index >= 15 is 0 Å². The molecule has 166 valence electrons. The second-order valence-corrected chi connectivity index (χ2v) is 9.05. The molecule has 4 rings (SSSR count).